The van der Waals surface area contributed by atoms with E-state index in [1.54, 1.807) is 13.8 Å². The molecule has 0 aromatic carbocycles. The molecule has 1 aliphatic rings. The summed E-state index contributed by atoms with van der Waals surface area (Å²) in [5.74, 6) is -0.928. The number of ether oxygens (including phenoxy) is 2. The zero-order chi connectivity index (χ0) is 18.8. The van der Waals surface area contributed by atoms with Crippen LogP contribution >= 0.6 is 11.3 Å². The first-order valence-corrected chi connectivity index (χ1v) is 9.54. The highest BCUT2D eigenvalue weighted by Crippen LogP contribution is 2.28. The van der Waals surface area contributed by atoms with Crippen molar-refractivity contribution in [3.63, 3.8) is 0 Å². The first kappa shape index (κ1) is 18.6. The molecule has 0 saturated heterocycles. The van der Waals surface area contributed by atoms with E-state index in [-0.39, 0.29) is 11.7 Å². The van der Waals surface area contributed by atoms with Crippen molar-refractivity contribution in [3.8, 4) is 0 Å². The minimum absolute atomic E-state index is 0.0695. The van der Waals surface area contributed by atoms with Crippen molar-refractivity contribution in [1.82, 2.24) is 9.55 Å². The predicted octanol–water partition coefficient (Wildman–Crippen LogP) is 2.99. The molecule has 0 N–H and O–H groups in total. The number of esters is 2. The fraction of sp³-hybridized carbons (Fsp3) is 0.556. The van der Waals surface area contributed by atoms with Crippen LogP contribution in [0.25, 0.3) is 10.2 Å². The molecule has 2 heterocycles. The number of carbonyl (C=O) groups is 2. The van der Waals surface area contributed by atoms with Gasteiger partial charge in [-0.1, -0.05) is 6.42 Å². The average molecular weight is 378 g/mol. The molecule has 1 unspecified atom stereocenters. The third-order valence-corrected chi connectivity index (χ3v) is 6.02. The number of thiophene rings is 1. The highest BCUT2D eigenvalue weighted by atomic mass is 32.1. The van der Waals surface area contributed by atoms with Gasteiger partial charge in [-0.2, -0.15) is 0 Å². The van der Waals surface area contributed by atoms with E-state index in [4.69, 9.17) is 9.47 Å². The zero-order valence-electron chi connectivity index (χ0n) is 15.1. The van der Waals surface area contributed by atoms with Crippen molar-refractivity contribution < 1.29 is 19.1 Å². The van der Waals surface area contributed by atoms with Crippen LogP contribution in [0, 0.1) is 6.92 Å². The van der Waals surface area contributed by atoms with Gasteiger partial charge in [0.1, 0.15) is 21.9 Å². The van der Waals surface area contributed by atoms with Crippen LogP contribution in [0.1, 0.15) is 60.3 Å². The second kappa shape index (κ2) is 7.57. The molecule has 8 heteroatoms. The summed E-state index contributed by atoms with van der Waals surface area (Å²) in [6.45, 7) is 3.31. The average Bonchev–Trinajstić information content (AvgIpc) is 2.99. The normalized spacial score (nSPS) is 16.4. The number of rotatable bonds is 4. The van der Waals surface area contributed by atoms with Crippen LogP contribution in [0.5, 0.6) is 0 Å². The first-order chi connectivity index (χ1) is 12.4. The van der Waals surface area contributed by atoms with Crippen molar-refractivity contribution in [3.05, 3.63) is 27.1 Å². The summed E-state index contributed by atoms with van der Waals surface area (Å²) in [6, 6.07) is -0.776. The summed E-state index contributed by atoms with van der Waals surface area (Å²) >= 11 is 1.11. The Morgan fingerprint density at radius 3 is 2.65 bits per heavy atom. The molecule has 0 bridgehead atoms. The quantitative estimate of drug-likeness (QED) is 0.760. The molecule has 0 radical (unpaired) electrons. The Kier molecular flexibility index (Phi) is 5.41. The number of carbonyl (C=O) groups excluding carboxylic acids is 2. The van der Waals surface area contributed by atoms with Crippen LogP contribution in [-0.4, -0.2) is 34.7 Å². The molecule has 2 aromatic rings. The van der Waals surface area contributed by atoms with Gasteiger partial charge in [0.25, 0.3) is 5.56 Å². The van der Waals surface area contributed by atoms with Crippen LogP contribution in [-0.2, 0) is 14.3 Å². The van der Waals surface area contributed by atoms with E-state index in [2.05, 4.69) is 4.98 Å². The standard InChI is InChI=1S/C18H22N2O5S/c1-10-13-15(26-14(10)18(23)24-3)19-9-20(16(13)21)11(2)17(22)25-12-7-5-4-6-8-12/h9,11-12H,4-8H2,1-3H3. The van der Waals surface area contributed by atoms with E-state index in [1.165, 1.54) is 24.4 Å². The Labute approximate surface area is 154 Å². The van der Waals surface area contributed by atoms with Crippen LogP contribution in [0.4, 0.5) is 0 Å². The Hall–Kier alpha value is -2.22. The third kappa shape index (κ3) is 3.38. The lowest BCUT2D eigenvalue weighted by Gasteiger charge is -2.24. The highest BCUT2D eigenvalue weighted by Gasteiger charge is 2.26. The monoisotopic (exact) mass is 378 g/mol. The lowest BCUT2D eigenvalue weighted by molar-refractivity contribution is -0.154. The van der Waals surface area contributed by atoms with Gasteiger partial charge in [0.15, 0.2) is 0 Å². The number of aryl methyl sites for hydroxylation is 1. The van der Waals surface area contributed by atoms with Gasteiger partial charge in [-0.05, 0) is 45.1 Å². The Morgan fingerprint density at radius 2 is 2.00 bits per heavy atom. The fourth-order valence-electron chi connectivity index (χ4n) is 3.26. The van der Waals surface area contributed by atoms with Crippen molar-refractivity contribution in [2.45, 2.75) is 58.1 Å². The molecule has 7 nitrogen and oxygen atoms in total. The molecule has 1 fully saturated rings. The van der Waals surface area contributed by atoms with E-state index in [1.807, 2.05) is 0 Å². The van der Waals surface area contributed by atoms with Crippen molar-refractivity contribution in [2.24, 2.45) is 0 Å². The molecular weight excluding hydrogens is 356 g/mol. The van der Waals surface area contributed by atoms with E-state index < -0.39 is 18.0 Å². The minimum Gasteiger partial charge on any atom is -0.465 e. The van der Waals surface area contributed by atoms with Crippen LogP contribution in [0.15, 0.2) is 11.1 Å². The van der Waals surface area contributed by atoms with Gasteiger partial charge in [-0.25, -0.2) is 14.6 Å². The Morgan fingerprint density at radius 1 is 1.31 bits per heavy atom. The minimum atomic E-state index is -0.776. The maximum atomic E-state index is 12.9. The molecule has 26 heavy (non-hydrogen) atoms. The van der Waals surface area contributed by atoms with E-state index >= 15 is 0 Å². The van der Waals surface area contributed by atoms with Gasteiger partial charge in [-0.3, -0.25) is 9.36 Å². The van der Waals surface area contributed by atoms with Gasteiger partial charge >= 0.3 is 11.9 Å². The molecule has 140 valence electrons. The number of hydrogen-bond donors (Lipinski definition) is 0. The molecule has 1 saturated carbocycles. The van der Waals surface area contributed by atoms with E-state index in [9.17, 15) is 14.4 Å². The smallest absolute Gasteiger partial charge is 0.348 e. The van der Waals surface area contributed by atoms with Crippen molar-refractivity contribution in [1.29, 1.82) is 0 Å². The maximum absolute atomic E-state index is 12.9. The summed E-state index contributed by atoms with van der Waals surface area (Å²) in [7, 11) is 1.29. The Balaban J connectivity index is 1.91. The molecule has 1 atom stereocenters. The molecule has 0 spiro atoms. The number of fused-ring (bicyclic) bond motifs is 1. The number of nitrogens with zero attached hydrogens (tertiary/aromatic N) is 2. The summed E-state index contributed by atoms with van der Waals surface area (Å²) in [5.41, 5.74) is 0.170. The van der Waals surface area contributed by atoms with Crippen LogP contribution in [0.2, 0.25) is 0 Å². The van der Waals surface area contributed by atoms with E-state index in [0.717, 1.165) is 37.0 Å². The number of methoxy groups -OCH3 is 1. The first-order valence-electron chi connectivity index (χ1n) is 8.73. The second-order valence-electron chi connectivity index (χ2n) is 6.56. The van der Waals surface area contributed by atoms with Gasteiger partial charge in [0, 0.05) is 0 Å². The van der Waals surface area contributed by atoms with Gasteiger partial charge < -0.3 is 9.47 Å². The fourth-order valence-corrected chi connectivity index (χ4v) is 4.32. The molecule has 1 aliphatic carbocycles. The van der Waals surface area contributed by atoms with Crippen LogP contribution in [0.3, 0.4) is 0 Å². The molecule has 0 aliphatic heterocycles. The lowest BCUT2D eigenvalue weighted by Crippen LogP contribution is -2.32. The molecule has 3 rings (SSSR count). The zero-order valence-corrected chi connectivity index (χ0v) is 15.9. The predicted molar refractivity (Wildman–Crippen MR) is 97.6 cm³/mol. The van der Waals surface area contributed by atoms with Crippen LogP contribution < -0.4 is 5.56 Å². The summed E-state index contributed by atoms with van der Waals surface area (Å²) in [4.78, 5) is 42.2. The van der Waals surface area contributed by atoms with Gasteiger partial charge in [0.05, 0.1) is 18.8 Å². The number of aromatic nitrogens is 2. The lowest BCUT2D eigenvalue weighted by atomic mass is 9.98. The third-order valence-electron chi connectivity index (χ3n) is 4.84. The molecule has 2 aromatic heterocycles. The maximum Gasteiger partial charge on any atom is 0.348 e. The molecular formula is C18H22N2O5S. The summed E-state index contributed by atoms with van der Waals surface area (Å²) < 4.78 is 11.6. The SMILES string of the molecule is COC(=O)c1sc2ncn(C(C)C(=O)OC3CCCCC3)c(=O)c2c1C. The number of hydrogen-bond acceptors (Lipinski definition) is 7. The molecule has 0 amide bonds. The van der Waals surface area contributed by atoms with Crippen molar-refractivity contribution in [2.75, 3.05) is 7.11 Å². The van der Waals surface area contributed by atoms with Crippen molar-refractivity contribution >= 4 is 33.5 Å². The summed E-state index contributed by atoms with van der Waals surface area (Å²) in [6.07, 6.45) is 6.31. The Bertz CT molecular complexity index is 895. The summed E-state index contributed by atoms with van der Waals surface area (Å²) in [5, 5.41) is 0.343. The topological polar surface area (TPSA) is 87.5 Å². The van der Waals surface area contributed by atoms with Gasteiger partial charge in [-0.15, -0.1) is 11.3 Å². The van der Waals surface area contributed by atoms with Gasteiger partial charge in [0.2, 0.25) is 0 Å². The second-order valence-corrected chi connectivity index (χ2v) is 7.56. The largest absolute Gasteiger partial charge is 0.465 e. The highest BCUT2D eigenvalue weighted by molar-refractivity contribution is 7.20. The van der Waals surface area contributed by atoms with E-state index in [0.29, 0.717) is 20.7 Å².